The highest BCUT2D eigenvalue weighted by atomic mass is 16.6. The lowest BCUT2D eigenvalue weighted by Crippen LogP contribution is -2.56. The minimum atomic E-state index is -0.500. The molecule has 29 heavy (non-hydrogen) atoms. The number of aryl methyl sites for hydroxylation is 1. The molecule has 0 N–H and O–H groups in total. The fourth-order valence-corrected chi connectivity index (χ4v) is 4.63. The summed E-state index contributed by atoms with van der Waals surface area (Å²) in [7, 11) is 0. The highest BCUT2D eigenvalue weighted by Gasteiger charge is 2.54. The van der Waals surface area contributed by atoms with Crippen LogP contribution in [-0.2, 0) is 31.9 Å². The Hall–Kier alpha value is -2.30. The number of rotatable bonds is 4. The van der Waals surface area contributed by atoms with Gasteiger partial charge in [-0.3, -0.25) is 0 Å². The lowest BCUT2D eigenvalue weighted by Gasteiger charge is -2.51. The maximum Gasteiger partial charge on any atom is 0.333 e. The molecule has 0 radical (unpaired) electrons. The minimum Gasteiger partial charge on any atom is -0.469 e. The van der Waals surface area contributed by atoms with E-state index in [1.165, 1.54) is 5.56 Å². The molecule has 0 spiro atoms. The molecule has 4 atom stereocenters. The average molecular weight is 401 g/mol. The van der Waals surface area contributed by atoms with E-state index in [2.05, 4.69) is 6.92 Å². The van der Waals surface area contributed by atoms with Crippen molar-refractivity contribution < 1.29 is 23.5 Å². The Kier molecular flexibility index (Phi) is 6.06. The summed E-state index contributed by atoms with van der Waals surface area (Å²) in [4.78, 5) is 25.2. The van der Waals surface area contributed by atoms with Crippen LogP contribution in [-0.4, -0.2) is 24.1 Å². The molecule has 1 aromatic rings. The van der Waals surface area contributed by atoms with E-state index in [-0.39, 0.29) is 17.4 Å². The van der Waals surface area contributed by atoms with E-state index in [1.54, 1.807) is 26.0 Å². The van der Waals surface area contributed by atoms with Crippen LogP contribution in [0.15, 0.2) is 34.0 Å². The van der Waals surface area contributed by atoms with Gasteiger partial charge < -0.3 is 13.9 Å². The standard InChI is InChI=1S/C24H32O5/c1-7-14(3)22(25)28-19-10-9-17-11-20-18(16(5)13-27-20)12-24(17,6)21(19)29-23(26)15(4)8-2/h7-8,13,17,19,21H,9-12H2,1-6H3. The number of ether oxygens (including phenoxy) is 2. The van der Waals surface area contributed by atoms with Gasteiger partial charge in [0.15, 0.2) is 0 Å². The number of allylic oxidation sites excluding steroid dienone is 2. The van der Waals surface area contributed by atoms with Crippen LogP contribution in [0.3, 0.4) is 0 Å². The quantitative estimate of drug-likeness (QED) is 0.533. The van der Waals surface area contributed by atoms with Gasteiger partial charge >= 0.3 is 11.9 Å². The smallest absolute Gasteiger partial charge is 0.333 e. The molecule has 0 saturated heterocycles. The molecule has 1 saturated carbocycles. The molecule has 1 fully saturated rings. The van der Waals surface area contributed by atoms with Crippen LogP contribution >= 0.6 is 0 Å². The van der Waals surface area contributed by atoms with E-state index < -0.39 is 12.2 Å². The zero-order valence-corrected chi connectivity index (χ0v) is 18.3. The van der Waals surface area contributed by atoms with Crippen LogP contribution in [0, 0.1) is 18.3 Å². The molecule has 158 valence electrons. The van der Waals surface area contributed by atoms with Gasteiger partial charge in [-0.05, 0) is 70.9 Å². The topological polar surface area (TPSA) is 65.7 Å². The Morgan fingerprint density at radius 3 is 2.34 bits per heavy atom. The number of hydrogen-bond acceptors (Lipinski definition) is 5. The summed E-state index contributed by atoms with van der Waals surface area (Å²) in [5, 5.41) is 0. The average Bonchev–Trinajstić information content (AvgIpc) is 3.06. The molecule has 0 bridgehead atoms. The lowest BCUT2D eigenvalue weighted by molar-refractivity contribution is -0.189. The van der Waals surface area contributed by atoms with Gasteiger partial charge in [0.05, 0.1) is 6.26 Å². The van der Waals surface area contributed by atoms with E-state index in [9.17, 15) is 9.59 Å². The molecule has 1 aromatic heterocycles. The first-order valence-electron chi connectivity index (χ1n) is 10.4. The summed E-state index contributed by atoms with van der Waals surface area (Å²) in [6, 6.07) is 0. The van der Waals surface area contributed by atoms with Crippen molar-refractivity contribution in [1.29, 1.82) is 0 Å². The maximum atomic E-state index is 12.7. The minimum absolute atomic E-state index is 0.307. The van der Waals surface area contributed by atoms with Gasteiger partial charge in [0.25, 0.3) is 0 Å². The third kappa shape index (κ3) is 3.92. The largest absolute Gasteiger partial charge is 0.469 e. The number of esters is 2. The Morgan fingerprint density at radius 2 is 1.72 bits per heavy atom. The van der Waals surface area contributed by atoms with Gasteiger partial charge in [0.1, 0.15) is 18.0 Å². The molecule has 2 aliphatic rings. The third-order valence-corrected chi connectivity index (χ3v) is 6.90. The molecule has 5 heteroatoms. The van der Waals surface area contributed by atoms with Crippen molar-refractivity contribution in [3.05, 3.63) is 46.4 Å². The molecule has 3 rings (SSSR count). The fraction of sp³-hybridized carbons (Fsp3) is 0.583. The van der Waals surface area contributed by atoms with E-state index >= 15 is 0 Å². The summed E-state index contributed by atoms with van der Waals surface area (Å²) >= 11 is 0. The molecule has 4 unspecified atom stereocenters. The molecular formula is C24H32O5. The number of furan rings is 1. The molecular weight excluding hydrogens is 368 g/mol. The Balaban J connectivity index is 1.96. The molecule has 0 aliphatic heterocycles. The van der Waals surface area contributed by atoms with Gasteiger partial charge in [0, 0.05) is 23.0 Å². The zero-order valence-electron chi connectivity index (χ0n) is 18.3. The van der Waals surface area contributed by atoms with E-state index in [0.29, 0.717) is 23.5 Å². The van der Waals surface area contributed by atoms with E-state index in [1.807, 2.05) is 27.0 Å². The predicted molar refractivity (Wildman–Crippen MR) is 110 cm³/mol. The molecule has 5 nitrogen and oxygen atoms in total. The van der Waals surface area contributed by atoms with Gasteiger partial charge in [-0.15, -0.1) is 0 Å². The number of carbonyl (C=O) groups excluding carboxylic acids is 2. The maximum absolute atomic E-state index is 12.7. The van der Waals surface area contributed by atoms with Crippen molar-refractivity contribution in [3.8, 4) is 0 Å². The first-order chi connectivity index (χ1) is 13.7. The molecule has 0 aromatic carbocycles. The summed E-state index contributed by atoms with van der Waals surface area (Å²) in [5.41, 5.74) is 3.12. The molecule has 1 heterocycles. The Bertz CT molecular complexity index is 859. The van der Waals surface area contributed by atoms with Crippen molar-refractivity contribution in [3.63, 3.8) is 0 Å². The first kappa shape index (κ1) is 21.4. The summed E-state index contributed by atoms with van der Waals surface area (Å²) < 4.78 is 17.7. The van der Waals surface area contributed by atoms with Gasteiger partial charge in [-0.2, -0.15) is 0 Å². The Labute approximate surface area is 173 Å². The van der Waals surface area contributed by atoms with Crippen molar-refractivity contribution in [2.24, 2.45) is 11.3 Å². The number of carbonyl (C=O) groups is 2. The van der Waals surface area contributed by atoms with Gasteiger partial charge in [-0.1, -0.05) is 19.1 Å². The summed E-state index contributed by atoms with van der Waals surface area (Å²) in [6.07, 6.45) is 7.48. The number of hydrogen-bond donors (Lipinski definition) is 0. The second kappa shape index (κ2) is 8.21. The summed E-state index contributed by atoms with van der Waals surface area (Å²) in [5.74, 6) is 0.652. The Morgan fingerprint density at radius 1 is 1.10 bits per heavy atom. The molecule has 0 amide bonds. The zero-order chi connectivity index (χ0) is 21.3. The number of fused-ring (bicyclic) bond motifs is 2. The van der Waals surface area contributed by atoms with Gasteiger partial charge in [0.2, 0.25) is 0 Å². The normalized spacial score (nSPS) is 29.7. The van der Waals surface area contributed by atoms with Crippen molar-refractivity contribution in [2.45, 2.75) is 79.4 Å². The SMILES string of the molecule is CC=C(C)C(=O)OC1CCC2Cc3occ(C)c3CC2(C)C1OC(=O)C(C)=CC. The summed E-state index contributed by atoms with van der Waals surface area (Å²) in [6.45, 7) is 11.3. The highest BCUT2D eigenvalue weighted by molar-refractivity contribution is 5.88. The monoisotopic (exact) mass is 400 g/mol. The van der Waals surface area contributed by atoms with Crippen LogP contribution in [0.5, 0.6) is 0 Å². The van der Waals surface area contributed by atoms with Crippen LogP contribution in [0.25, 0.3) is 0 Å². The van der Waals surface area contributed by atoms with Crippen LogP contribution in [0.1, 0.15) is 64.3 Å². The van der Waals surface area contributed by atoms with Crippen LogP contribution in [0.4, 0.5) is 0 Å². The lowest BCUT2D eigenvalue weighted by atomic mass is 9.58. The highest BCUT2D eigenvalue weighted by Crippen LogP contribution is 2.51. The van der Waals surface area contributed by atoms with Crippen molar-refractivity contribution in [2.75, 3.05) is 0 Å². The van der Waals surface area contributed by atoms with Crippen molar-refractivity contribution >= 4 is 11.9 Å². The second-order valence-electron chi connectivity index (χ2n) is 8.69. The molecule has 2 aliphatic carbocycles. The third-order valence-electron chi connectivity index (χ3n) is 6.90. The second-order valence-corrected chi connectivity index (χ2v) is 8.69. The van der Waals surface area contributed by atoms with Crippen LogP contribution < -0.4 is 0 Å². The first-order valence-corrected chi connectivity index (χ1v) is 10.4. The van der Waals surface area contributed by atoms with E-state index in [4.69, 9.17) is 13.9 Å². The van der Waals surface area contributed by atoms with Gasteiger partial charge in [-0.25, -0.2) is 9.59 Å². The van der Waals surface area contributed by atoms with E-state index in [0.717, 1.165) is 30.6 Å². The van der Waals surface area contributed by atoms with Crippen molar-refractivity contribution in [1.82, 2.24) is 0 Å². The fourth-order valence-electron chi connectivity index (χ4n) is 4.63. The van der Waals surface area contributed by atoms with Crippen LogP contribution in [0.2, 0.25) is 0 Å². The predicted octanol–water partition coefficient (Wildman–Crippen LogP) is 4.86.